The van der Waals surface area contributed by atoms with Crippen LogP contribution in [0.5, 0.6) is 0 Å². The van der Waals surface area contributed by atoms with Crippen molar-refractivity contribution in [1.29, 1.82) is 0 Å². The molecule has 2 N–H and O–H groups in total. The zero-order valence-electron chi connectivity index (χ0n) is 30.0. The summed E-state index contributed by atoms with van der Waals surface area (Å²) in [6.45, 7) is 41.4. The standard InChI is InChI=1S/C39H59N3O3/c1-17-19-33(37(40)43)23-32(18-2)29(10)22-34(26(5)6)36(31(12)41-16)35(27(7)8)28(9)20-21-30(11)42(24-25(3)4)38(44)45-39(13,14)15/h17-19,22-23,25-26,30H,1-2,7,9-10,20-21,24H2,3-6,8,11-16H3,(H2,40,43)/b32-23+,33-19+,34-22-,36-35-,41-31-/t30-/m1/s1. The minimum atomic E-state index is -0.578. The molecule has 6 nitrogen and oxygen atoms in total. The van der Waals surface area contributed by atoms with Crippen LogP contribution in [-0.2, 0) is 9.53 Å². The Kier molecular flexibility index (Phi) is 17.1. The van der Waals surface area contributed by atoms with E-state index >= 15 is 0 Å². The van der Waals surface area contributed by atoms with Gasteiger partial charge in [0, 0.05) is 36.5 Å². The predicted molar refractivity (Wildman–Crippen MR) is 194 cm³/mol. The van der Waals surface area contributed by atoms with E-state index in [4.69, 9.17) is 10.5 Å². The highest BCUT2D eigenvalue weighted by Crippen LogP contribution is 2.34. The van der Waals surface area contributed by atoms with E-state index in [9.17, 15) is 9.59 Å². The fraction of sp³-hybridized carbons (Fsp3) is 0.462. The molecule has 0 unspecified atom stereocenters. The lowest BCUT2D eigenvalue weighted by Gasteiger charge is -2.33. The lowest BCUT2D eigenvalue weighted by molar-refractivity contribution is -0.114. The van der Waals surface area contributed by atoms with Crippen LogP contribution in [0.15, 0.2) is 113 Å². The Morgan fingerprint density at radius 2 is 1.53 bits per heavy atom. The maximum Gasteiger partial charge on any atom is 0.410 e. The normalized spacial score (nSPS) is 14.5. The SMILES string of the molecule is C=C/C=C(\C=C(/C=C)C(=C)\C=C(C(/C(C)=N\C)=C(/C(=C)C)C(=C)CC[C@@H](C)N(CC(C)C)C(=O)OC(C)(C)C)\C(C)C)C(N)=O. The van der Waals surface area contributed by atoms with E-state index in [2.05, 4.69) is 72.5 Å². The van der Waals surface area contributed by atoms with Gasteiger partial charge < -0.3 is 15.4 Å². The van der Waals surface area contributed by atoms with E-state index in [0.29, 0.717) is 36.1 Å². The minimum absolute atomic E-state index is 0.0713. The number of aliphatic imine (C=N–C) groups is 1. The molecule has 1 atom stereocenters. The van der Waals surface area contributed by atoms with E-state index in [1.807, 2.05) is 45.6 Å². The van der Waals surface area contributed by atoms with Crippen LogP contribution in [0.4, 0.5) is 4.79 Å². The average molecular weight is 618 g/mol. The van der Waals surface area contributed by atoms with Gasteiger partial charge in [0.2, 0.25) is 5.91 Å². The summed E-state index contributed by atoms with van der Waals surface area (Å²) in [5.74, 6) is -0.205. The Bertz CT molecular complexity index is 1310. The van der Waals surface area contributed by atoms with Crippen molar-refractivity contribution < 1.29 is 14.3 Å². The second-order valence-corrected chi connectivity index (χ2v) is 13.2. The van der Waals surface area contributed by atoms with Gasteiger partial charge in [0.1, 0.15) is 5.60 Å². The first-order chi connectivity index (χ1) is 20.7. The van der Waals surface area contributed by atoms with Crippen molar-refractivity contribution in [3.05, 3.63) is 108 Å². The fourth-order valence-electron chi connectivity index (χ4n) is 4.73. The van der Waals surface area contributed by atoms with Crippen molar-refractivity contribution in [2.24, 2.45) is 22.6 Å². The summed E-state index contributed by atoms with van der Waals surface area (Å²) in [6, 6.07) is -0.0713. The summed E-state index contributed by atoms with van der Waals surface area (Å²) in [5.41, 5.74) is 12.1. The molecular formula is C39H59N3O3. The van der Waals surface area contributed by atoms with Crippen LogP contribution in [0, 0.1) is 11.8 Å². The van der Waals surface area contributed by atoms with Gasteiger partial charge in [-0.25, -0.2) is 4.79 Å². The minimum Gasteiger partial charge on any atom is -0.444 e. The number of nitrogens with two attached hydrogens (primary N) is 1. The molecule has 0 aliphatic carbocycles. The third-order valence-corrected chi connectivity index (χ3v) is 7.04. The predicted octanol–water partition coefficient (Wildman–Crippen LogP) is 9.42. The molecule has 0 aromatic rings. The monoisotopic (exact) mass is 617 g/mol. The van der Waals surface area contributed by atoms with Gasteiger partial charge in [-0.1, -0.05) is 90.5 Å². The van der Waals surface area contributed by atoms with E-state index in [-0.39, 0.29) is 24.0 Å². The van der Waals surface area contributed by atoms with Gasteiger partial charge in [-0.3, -0.25) is 9.79 Å². The summed E-state index contributed by atoms with van der Waals surface area (Å²) < 4.78 is 5.74. The van der Waals surface area contributed by atoms with E-state index in [0.717, 1.165) is 33.6 Å². The smallest absolute Gasteiger partial charge is 0.410 e. The molecule has 0 aromatic carbocycles. The number of amides is 2. The third kappa shape index (κ3) is 13.7. The van der Waals surface area contributed by atoms with Gasteiger partial charge in [0.05, 0.1) is 0 Å². The molecule has 248 valence electrons. The molecule has 0 bridgehead atoms. The van der Waals surface area contributed by atoms with Crippen LogP contribution in [0.3, 0.4) is 0 Å². The van der Waals surface area contributed by atoms with Crippen molar-refractivity contribution in [3.8, 4) is 0 Å². The molecule has 6 heteroatoms. The van der Waals surface area contributed by atoms with Crippen molar-refractivity contribution in [1.82, 2.24) is 4.90 Å². The lowest BCUT2D eigenvalue weighted by atomic mass is 9.81. The zero-order chi connectivity index (χ0) is 35.2. The second-order valence-electron chi connectivity index (χ2n) is 13.2. The summed E-state index contributed by atoms with van der Waals surface area (Å²) in [6.07, 6.45) is 9.40. The highest BCUT2D eigenvalue weighted by atomic mass is 16.6. The summed E-state index contributed by atoms with van der Waals surface area (Å²) in [5, 5.41) is 0. The molecule has 0 aliphatic heterocycles. The molecule has 0 radical (unpaired) electrons. The van der Waals surface area contributed by atoms with E-state index in [1.165, 1.54) is 6.08 Å². The molecule has 0 saturated heterocycles. The Hall–Kier alpha value is -3.93. The van der Waals surface area contributed by atoms with Gasteiger partial charge in [-0.05, 0) is 100 Å². The van der Waals surface area contributed by atoms with Crippen LogP contribution < -0.4 is 5.73 Å². The van der Waals surface area contributed by atoms with Gasteiger partial charge in [-0.2, -0.15) is 0 Å². The topological polar surface area (TPSA) is 85.0 Å². The Labute approximate surface area is 274 Å². The van der Waals surface area contributed by atoms with Crippen LogP contribution >= 0.6 is 0 Å². The second kappa shape index (κ2) is 18.8. The van der Waals surface area contributed by atoms with Crippen LogP contribution in [0.1, 0.15) is 82.1 Å². The molecule has 0 spiro atoms. The average Bonchev–Trinajstić information content (AvgIpc) is 2.91. The number of allylic oxidation sites excluding steroid dienone is 11. The van der Waals surface area contributed by atoms with Crippen molar-refractivity contribution >= 4 is 17.7 Å². The number of nitrogens with zero attached hydrogens (tertiary/aromatic N) is 2. The number of ether oxygens (including phenoxy) is 1. The maximum atomic E-state index is 13.1. The number of carbonyl (C=O) groups is 2. The molecule has 0 fully saturated rings. The Morgan fingerprint density at radius 1 is 0.956 bits per heavy atom. The molecule has 0 saturated carbocycles. The summed E-state index contributed by atoms with van der Waals surface area (Å²) in [7, 11) is 1.77. The first kappa shape index (κ1) is 41.1. The highest BCUT2D eigenvalue weighted by molar-refractivity contribution is 6.04. The summed E-state index contributed by atoms with van der Waals surface area (Å²) >= 11 is 0. The molecule has 0 heterocycles. The van der Waals surface area contributed by atoms with Crippen LogP contribution in [0.2, 0.25) is 0 Å². The maximum absolute atomic E-state index is 13.1. The number of carbonyl (C=O) groups excluding carboxylic acids is 2. The largest absolute Gasteiger partial charge is 0.444 e. The molecule has 0 aromatic heterocycles. The molecule has 2 amide bonds. The van der Waals surface area contributed by atoms with Crippen LogP contribution in [0.25, 0.3) is 0 Å². The summed E-state index contributed by atoms with van der Waals surface area (Å²) in [4.78, 5) is 31.5. The fourth-order valence-corrected chi connectivity index (χ4v) is 4.73. The zero-order valence-corrected chi connectivity index (χ0v) is 30.0. The first-order valence-corrected chi connectivity index (χ1v) is 15.6. The lowest BCUT2D eigenvalue weighted by Crippen LogP contribution is -2.44. The number of primary amides is 1. The number of hydrogen-bond donors (Lipinski definition) is 1. The van der Waals surface area contributed by atoms with Gasteiger partial charge in [0.15, 0.2) is 0 Å². The van der Waals surface area contributed by atoms with Crippen molar-refractivity contribution in [3.63, 3.8) is 0 Å². The Balaban J connectivity index is 6.96. The van der Waals surface area contributed by atoms with Gasteiger partial charge >= 0.3 is 6.09 Å². The Morgan fingerprint density at radius 3 is 1.93 bits per heavy atom. The van der Waals surface area contributed by atoms with Gasteiger partial charge in [0.25, 0.3) is 0 Å². The van der Waals surface area contributed by atoms with Crippen molar-refractivity contribution in [2.45, 2.75) is 93.7 Å². The number of rotatable bonds is 17. The molecule has 0 aliphatic rings. The number of hydrogen-bond acceptors (Lipinski definition) is 4. The molecule has 45 heavy (non-hydrogen) atoms. The molecular weight excluding hydrogens is 558 g/mol. The van der Waals surface area contributed by atoms with Crippen LogP contribution in [-0.4, -0.2) is 47.8 Å². The third-order valence-electron chi connectivity index (χ3n) is 7.04. The van der Waals surface area contributed by atoms with Crippen molar-refractivity contribution in [2.75, 3.05) is 13.6 Å². The van der Waals surface area contributed by atoms with E-state index in [1.54, 1.807) is 25.3 Å². The first-order valence-electron chi connectivity index (χ1n) is 15.6. The quantitative estimate of drug-likeness (QED) is 0.100. The van der Waals surface area contributed by atoms with E-state index < -0.39 is 11.5 Å². The molecule has 0 rings (SSSR count). The highest BCUT2D eigenvalue weighted by Gasteiger charge is 2.27. The van der Waals surface area contributed by atoms with Gasteiger partial charge in [-0.15, -0.1) is 0 Å².